The van der Waals surface area contributed by atoms with Crippen molar-refractivity contribution in [1.82, 2.24) is 19.4 Å². The highest BCUT2D eigenvalue weighted by molar-refractivity contribution is 7.16. The molecule has 2 aromatic carbocycles. The normalized spacial score (nSPS) is 21.2. The van der Waals surface area contributed by atoms with Gasteiger partial charge >= 0.3 is 0 Å². The van der Waals surface area contributed by atoms with E-state index in [2.05, 4.69) is 34.1 Å². The van der Waals surface area contributed by atoms with Crippen LogP contribution >= 0.6 is 11.3 Å². The van der Waals surface area contributed by atoms with Crippen molar-refractivity contribution < 1.29 is 14.3 Å². The molecule has 42 heavy (non-hydrogen) atoms. The molecule has 1 amide bonds. The maximum atomic E-state index is 14.0. The molecular weight excluding hydrogens is 548 g/mol. The minimum absolute atomic E-state index is 0.0691. The lowest BCUT2D eigenvalue weighted by atomic mass is 9.79. The lowest BCUT2D eigenvalue weighted by molar-refractivity contribution is -0.142. The number of aliphatic hydroxyl groups is 1. The SMILES string of the molecule is O=C([C@@H]1CCN(Cc2cc3ccccc3o2)C[C@H]1c1ccccc1)N1CCC(O)(Cn2cnc3sccc3c2=O)CC1. The van der Waals surface area contributed by atoms with E-state index in [1.165, 1.54) is 27.8 Å². The van der Waals surface area contributed by atoms with Gasteiger partial charge in [-0.05, 0) is 54.9 Å². The van der Waals surface area contributed by atoms with E-state index in [0.717, 1.165) is 36.2 Å². The highest BCUT2D eigenvalue weighted by atomic mass is 32.1. The average Bonchev–Trinajstić information content (AvgIpc) is 3.66. The highest BCUT2D eigenvalue weighted by Gasteiger charge is 2.41. The van der Waals surface area contributed by atoms with Crippen LogP contribution in [0.15, 0.2) is 87.6 Å². The summed E-state index contributed by atoms with van der Waals surface area (Å²) < 4.78 is 7.61. The zero-order valence-electron chi connectivity index (χ0n) is 23.4. The topological polar surface area (TPSA) is 91.8 Å². The smallest absolute Gasteiger partial charge is 0.262 e. The maximum absolute atomic E-state index is 14.0. The molecule has 3 aromatic heterocycles. The van der Waals surface area contributed by atoms with E-state index < -0.39 is 5.60 Å². The van der Waals surface area contributed by atoms with E-state index in [1.807, 2.05) is 46.7 Å². The van der Waals surface area contributed by atoms with Gasteiger partial charge in [-0.25, -0.2) is 4.98 Å². The van der Waals surface area contributed by atoms with Gasteiger partial charge in [-0.3, -0.25) is 19.1 Å². The third-order valence-electron chi connectivity index (χ3n) is 9.02. The summed E-state index contributed by atoms with van der Waals surface area (Å²) in [4.78, 5) is 36.3. The van der Waals surface area contributed by atoms with Crippen LogP contribution in [0.1, 0.15) is 36.5 Å². The Labute approximate surface area is 247 Å². The van der Waals surface area contributed by atoms with Gasteiger partial charge in [0.1, 0.15) is 16.2 Å². The number of rotatable bonds is 6. The van der Waals surface area contributed by atoms with E-state index in [1.54, 1.807) is 6.07 Å². The van der Waals surface area contributed by atoms with Crippen LogP contribution in [0.5, 0.6) is 0 Å². The summed E-state index contributed by atoms with van der Waals surface area (Å²) in [5.41, 5.74) is 0.888. The van der Waals surface area contributed by atoms with Crippen LogP contribution in [0.3, 0.4) is 0 Å². The number of piperidine rings is 2. The summed E-state index contributed by atoms with van der Waals surface area (Å²) in [5, 5.41) is 14.9. The van der Waals surface area contributed by atoms with Crippen molar-refractivity contribution in [1.29, 1.82) is 0 Å². The zero-order chi connectivity index (χ0) is 28.7. The number of aromatic nitrogens is 2. The lowest BCUT2D eigenvalue weighted by Crippen LogP contribution is -2.53. The predicted molar refractivity (Wildman–Crippen MR) is 163 cm³/mol. The first-order valence-corrected chi connectivity index (χ1v) is 15.5. The third kappa shape index (κ3) is 5.28. The Morgan fingerprint density at radius 3 is 2.64 bits per heavy atom. The number of hydrogen-bond donors (Lipinski definition) is 1. The number of likely N-dealkylation sites (tertiary alicyclic amines) is 2. The Balaban J connectivity index is 1.04. The quantitative estimate of drug-likeness (QED) is 0.307. The fourth-order valence-electron chi connectivity index (χ4n) is 6.69. The molecule has 2 aliphatic heterocycles. The summed E-state index contributed by atoms with van der Waals surface area (Å²) in [6.45, 7) is 3.42. The number of amides is 1. The Hall–Kier alpha value is -3.79. The van der Waals surface area contributed by atoms with E-state index in [0.29, 0.717) is 42.7 Å². The molecule has 0 saturated carbocycles. The first kappa shape index (κ1) is 27.1. The van der Waals surface area contributed by atoms with Gasteiger partial charge in [0.25, 0.3) is 5.56 Å². The Bertz CT molecular complexity index is 1740. The molecule has 0 unspecified atom stereocenters. The Kier molecular flexibility index (Phi) is 7.17. The van der Waals surface area contributed by atoms with Crippen LogP contribution in [-0.2, 0) is 17.9 Å². The van der Waals surface area contributed by atoms with E-state index in [-0.39, 0.29) is 29.8 Å². The number of fused-ring (bicyclic) bond motifs is 2. The van der Waals surface area contributed by atoms with Crippen molar-refractivity contribution >= 4 is 38.4 Å². The summed E-state index contributed by atoms with van der Waals surface area (Å²) in [5.74, 6) is 1.04. The number of nitrogens with zero attached hydrogens (tertiary/aromatic N) is 4. The molecule has 9 heteroatoms. The van der Waals surface area contributed by atoms with Crippen molar-refractivity contribution in [3.63, 3.8) is 0 Å². The minimum Gasteiger partial charge on any atom is -0.460 e. The van der Waals surface area contributed by atoms with Crippen molar-refractivity contribution in [3.8, 4) is 0 Å². The van der Waals surface area contributed by atoms with Gasteiger partial charge in [0.2, 0.25) is 5.91 Å². The van der Waals surface area contributed by atoms with E-state index in [9.17, 15) is 14.7 Å². The molecule has 7 rings (SSSR count). The number of benzene rings is 2. The molecule has 216 valence electrons. The fourth-order valence-corrected chi connectivity index (χ4v) is 7.41. The van der Waals surface area contributed by atoms with Crippen LogP contribution in [0, 0.1) is 5.92 Å². The molecule has 5 aromatic rings. The zero-order valence-corrected chi connectivity index (χ0v) is 24.2. The second-order valence-electron chi connectivity index (χ2n) is 11.8. The monoisotopic (exact) mass is 582 g/mol. The molecule has 2 fully saturated rings. The Morgan fingerprint density at radius 1 is 1.05 bits per heavy atom. The van der Waals surface area contributed by atoms with Gasteiger partial charge in [-0.2, -0.15) is 0 Å². The van der Waals surface area contributed by atoms with Gasteiger partial charge < -0.3 is 14.4 Å². The Morgan fingerprint density at radius 2 is 1.83 bits per heavy atom. The van der Waals surface area contributed by atoms with Gasteiger partial charge in [-0.15, -0.1) is 11.3 Å². The van der Waals surface area contributed by atoms with Crippen LogP contribution in [0.4, 0.5) is 0 Å². The molecular formula is C33H34N4O4S. The van der Waals surface area contributed by atoms with Crippen LogP contribution < -0.4 is 5.56 Å². The maximum Gasteiger partial charge on any atom is 0.262 e. The molecule has 0 spiro atoms. The molecule has 0 bridgehead atoms. The predicted octanol–water partition coefficient (Wildman–Crippen LogP) is 4.86. The second kappa shape index (κ2) is 11.1. The van der Waals surface area contributed by atoms with Gasteiger partial charge in [-0.1, -0.05) is 48.5 Å². The second-order valence-corrected chi connectivity index (χ2v) is 12.7. The molecule has 0 radical (unpaired) electrons. The van der Waals surface area contributed by atoms with Crippen LogP contribution in [0.25, 0.3) is 21.2 Å². The molecule has 1 N–H and O–H groups in total. The molecule has 0 aliphatic carbocycles. The summed E-state index contributed by atoms with van der Waals surface area (Å²) in [7, 11) is 0. The number of furan rings is 1. The third-order valence-corrected chi connectivity index (χ3v) is 9.84. The first-order chi connectivity index (χ1) is 20.5. The number of hydrogen-bond acceptors (Lipinski definition) is 7. The highest BCUT2D eigenvalue weighted by Crippen LogP contribution is 2.36. The number of carbonyl (C=O) groups is 1. The molecule has 8 nitrogen and oxygen atoms in total. The molecule has 2 aliphatic rings. The lowest BCUT2D eigenvalue weighted by Gasteiger charge is -2.43. The molecule has 2 atom stereocenters. The molecule has 5 heterocycles. The number of thiophene rings is 1. The van der Waals surface area contributed by atoms with E-state index >= 15 is 0 Å². The summed E-state index contributed by atoms with van der Waals surface area (Å²) in [6.07, 6.45) is 3.14. The number of para-hydroxylation sites is 1. The van der Waals surface area contributed by atoms with Crippen molar-refractivity contribution in [2.75, 3.05) is 26.2 Å². The number of carbonyl (C=O) groups excluding carboxylic acids is 1. The molecule has 2 saturated heterocycles. The first-order valence-electron chi connectivity index (χ1n) is 14.6. The summed E-state index contributed by atoms with van der Waals surface area (Å²) >= 11 is 1.43. The van der Waals surface area contributed by atoms with Crippen molar-refractivity contribution in [2.24, 2.45) is 5.92 Å². The fraction of sp³-hybridized carbons (Fsp3) is 0.364. The van der Waals surface area contributed by atoms with Gasteiger partial charge in [0.05, 0.1) is 30.4 Å². The summed E-state index contributed by atoms with van der Waals surface area (Å²) in [6, 6.07) is 22.3. The minimum atomic E-state index is -1.05. The van der Waals surface area contributed by atoms with Gasteiger partial charge in [0, 0.05) is 36.9 Å². The van der Waals surface area contributed by atoms with Gasteiger partial charge in [0.15, 0.2) is 0 Å². The average molecular weight is 583 g/mol. The standard InChI is InChI=1S/C33H34N4O4S/c38-31(36-15-12-33(40,13-16-36)21-37-22-34-30-27(32(37)39)11-17-42-30)26-10-14-35(20-28(26)23-6-2-1-3-7-23)19-25-18-24-8-4-5-9-29(24)41-25/h1-9,11,17-18,22,26,28,40H,10,12-16,19-21H2/t26-,28+/m1/s1. The van der Waals surface area contributed by atoms with E-state index in [4.69, 9.17) is 4.42 Å². The van der Waals surface area contributed by atoms with Crippen LogP contribution in [0.2, 0.25) is 0 Å². The van der Waals surface area contributed by atoms with Crippen LogP contribution in [-0.4, -0.2) is 62.1 Å². The largest absolute Gasteiger partial charge is 0.460 e. The van der Waals surface area contributed by atoms with Crippen molar-refractivity contribution in [2.45, 2.75) is 43.9 Å². The van der Waals surface area contributed by atoms with Crippen molar-refractivity contribution in [3.05, 3.63) is 100 Å².